The van der Waals surface area contributed by atoms with Gasteiger partial charge in [0.25, 0.3) is 5.91 Å². The number of fused-ring (bicyclic) bond motifs is 1. The first kappa shape index (κ1) is 20.8. The van der Waals surface area contributed by atoms with Crippen molar-refractivity contribution < 1.29 is 18.0 Å². The normalized spacial score (nSPS) is 24.1. The van der Waals surface area contributed by atoms with Crippen molar-refractivity contribution >= 4 is 5.91 Å². The van der Waals surface area contributed by atoms with Crippen LogP contribution in [0.2, 0.25) is 0 Å². The number of amides is 1. The number of allylic oxidation sites excluding steroid dienone is 8. The van der Waals surface area contributed by atoms with Crippen LogP contribution in [-0.4, -0.2) is 37.0 Å². The van der Waals surface area contributed by atoms with Gasteiger partial charge in [-0.3, -0.25) is 4.79 Å². The van der Waals surface area contributed by atoms with Crippen molar-refractivity contribution in [2.75, 3.05) is 13.6 Å². The van der Waals surface area contributed by atoms with E-state index < -0.39 is 18.5 Å². The predicted octanol–water partition coefficient (Wildman–Crippen LogP) is 3.87. The van der Waals surface area contributed by atoms with Gasteiger partial charge >= 0.3 is 6.55 Å². The van der Waals surface area contributed by atoms with Crippen molar-refractivity contribution in [1.29, 1.82) is 0 Å². The van der Waals surface area contributed by atoms with Gasteiger partial charge in [0.1, 0.15) is 11.5 Å². The van der Waals surface area contributed by atoms with Crippen LogP contribution in [0.25, 0.3) is 0 Å². The Bertz CT molecular complexity index is 893. The molecule has 2 aliphatic carbocycles. The lowest BCUT2D eigenvalue weighted by Gasteiger charge is -2.39. The van der Waals surface area contributed by atoms with Crippen LogP contribution in [0.5, 0.6) is 0 Å². The van der Waals surface area contributed by atoms with Gasteiger partial charge in [-0.2, -0.15) is 8.78 Å². The highest BCUT2D eigenvalue weighted by molar-refractivity contribution is 5.94. The summed E-state index contributed by atoms with van der Waals surface area (Å²) < 4.78 is 40.1. The Balaban J connectivity index is 2.02. The second-order valence-electron chi connectivity index (χ2n) is 7.05. The maximum Gasteiger partial charge on any atom is 0.313 e. The molecule has 1 aliphatic heterocycles. The molecule has 0 radical (unpaired) electrons. The molecule has 0 bridgehead atoms. The summed E-state index contributed by atoms with van der Waals surface area (Å²) in [5.74, 6) is -1.07. The number of rotatable bonds is 6. The first-order valence-electron chi connectivity index (χ1n) is 9.40. The monoisotopic (exact) mass is 403 g/mol. The molecule has 0 saturated heterocycles. The molecule has 0 fully saturated rings. The van der Waals surface area contributed by atoms with Crippen LogP contribution < -0.4 is 10.6 Å². The molecule has 1 heterocycles. The third kappa shape index (κ3) is 4.09. The third-order valence-electron chi connectivity index (χ3n) is 5.29. The molecule has 3 rings (SSSR count). The summed E-state index contributed by atoms with van der Waals surface area (Å²) in [6.07, 6.45) is 11.7. The highest BCUT2D eigenvalue weighted by Crippen LogP contribution is 2.39. The molecule has 29 heavy (non-hydrogen) atoms. The molecule has 0 aromatic carbocycles. The number of nitrogens with zero attached hydrogens (tertiary/aromatic N) is 1. The van der Waals surface area contributed by atoms with Gasteiger partial charge in [0, 0.05) is 25.2 Å². The number of alkyl halides is 2. The van der Waals surface area contributed by atoms with Gasteiger partial charge in [0.05, 0.1) is 6.04 Å². The molecule has 154 valence electrons. The first-order valence-corrected chi connectivity index (χ1v) is 9.40. The van der Waals surface area contributed by atoms with Crippen LogP contribution in [0.3, 0.4) is 0 Å². The molecular weight excluding hydrogens is 379 g/mol. The minimum absolute atomic E-state index is 0.199. The Morgan fingerprint density at radius 3 is 2.79 bits per heavy atom. The van der Waals surface area contributed by atoms with Crippen molar-refractivity contribution in [3.63, 3.8) is 0 Å². The van der Waals surface area contributed by atoms with Gasteiger partial charge < -0.3 is 15.5 Å². The lowest BCUT2D eigenvalue weighted by atomic mass is 9.93. The highest BCUT2D eigenvalue weighted by Gasteiger charge is 2.37. The number of hydrogen-bond acceptors (Lipinski definition) is 3. The van der Waals surface area contributed by atoms with Crippen molar-refractivity contribution in [2.24, 2.45) is 5.92 Å². The lowest BCUT2D eigenvalue weighted by molar-refractivity contribution is -0.129. The van der Waals surface area contributed by atoms with Gasteiger partial charge in [-0.15, -0.1) is 0 Å². The van der Waals surface area contributed by atoms with Crippen LogP contribution >= 0.6 is 0 Å². The van der Waals surface area contributed by atoms with Crippen molar-refractivity contribution in [3.8, 4) is 0 Å². The zero-order valence-corrected chi connectivity index (χ0v) is 16.4. The zero-order valence-electron chi connectivity index (χ0n) is 16.4. The fourth-order valence-corrected chi connectivity index (χ4v) is 3.96. The zero-order chi connectivity index (χ0) is 21.1. The highest BCUT2D eigenvalue weighted by atomic mass is 19.3. The number of likely N-dealkylation sites (N-methyl/N-ethyl adjacent to an activating group) is 1. The van der Waals surface area contributed by atoms with Crippen molar-refractivity contribution in [2.45, 2.75) is 25.9 Å². The summed E-state index contributed by atoms with van der Waals surface area (Å²) >= 11 is 0. The predicted molar refractivity (Wildman–Crippen MR) is 107 cm³/mol. The Labute approximate surface area is 168 Å². The molecule has 0 spiro atoms. The summed E-state index contributed by atoms with van der Waals surface area (Å²) in [4.78, 5) is 14.7. The maximum atomic E-state index is 14.2. The van der Waals surface area contributed by atoms with Crippen LogP contribution in [-0.2, 0) is 4.79 Å². The van der Waals surface area contributed by atoms with E-state index in [1.807, 2.05) is 24.4 Å². The number of nitrogens with one attached hydrogen (secondary N) is 2. The van der Waals surface area contributed by atoms with Crippen LogP contribution in [0, 0.1) is 5.92 Å². The first-order chi connectivity index (χ1) is 13.9. The van der Waals surface area contributed by atoms with E-state index in [4.69, 9.17) is 0 Å². The van der Waals surface area contributed by atoms with E-state index in [0.29, 0.717) is 18.5 Å². The minimum atomic E-state index is -2.88. The summed E-state index contributed by atoms with van der Waals surface area (Å²) in [6, 6.07) is -0.520. The average molecular weight is 403 g/mol. The number of carbonyl (C=O) groups excluding carboxylic acids is 1. The average Bonchev–Trinajstić information content (AvgIpc) is 3.12. The fourth-order valence-electron chi connectivity index (χ4n) is 3.96. The molecular formula is C22H24F3N3O. The fraction of sp³-hybridized carbons (Fsp3) is 0.318. The Morgan fingerprint density at radius 2 is 2.17 bits per heavy atom. The summed E-state index contributed by atoms with van der Waals surface area (Å²) in [6.45, 7) is 2.95. The molecule has 7 heteroatoms. The van der Waals surface area contributed by atoms with Crippen LogP contribution in [0.1, 0.15) is 13.3 Å². The smallest absolute Gasteiger partial charge is 0.313 e. The molecule has 0 saturated carbocycles. The maximum absolute atomic E-state index is 14.2. The van der Waals surface area contributed by atoms with Crippen LogP contribution in [0.4, 0.5) is 13.2 Å². The molecule has 1 amide bonds. The van der Waals surface area contributed by atoms with Gasteiger partial charge in [-0.25, -0.2) is 4.39 Å². The Morgan fingerprint density at radius 1 is 1.41 bits per heavy atom. The molecule has 2 N–H and O–H groups in total. The second-order valence-corrected chi connectivity index (χ2v) is 7.05. The lowest BCUT2D eigenvalue weighted by Crippen LogP contribution is -2.50. The second kappa shape index (κ2) is 8.59. The van der Waals surface area contributed by atoms with E-state index in [2.05, 4.69) is 11.9 Å². The van der Waals surface area contributed by atoms with Gasteiger partial charge in [-0.05, 0) is 42.7 Å². The minimum Gasteiger partial charge on any atom is -0.389 e. The Hall–Kier alpha value is -2.96. The molecule has 0 aromatic heterocycles. The number of halogens is 3. The van der Waals surface area contributed by atoms with Crippen LogP contribution in [0.15, 0.2) is 83.1 Å². The molecule has 2 atom stereocenters. The number of carbonyl (C=O) groups is 1. The molecule has 1 unspecified atom stereocenters. The summed E-state index contributed by atoms with van der Waals surface area (Å²) in [5.41, 5.74) is 2.95. The molecule has 3 aliphatic rings. The van der Waals surface area contributed by atoms with Gasteiger partial charge in [0.2, 0.25) is 0 Å². The van der Waals surface area contributed by atoms with Gasteiger partial charge in [0.15, 0.2) is 0 Å². The van der Waals surface area contributed by atoms with E-state index in [1.165, 1.54) is 23.1 Å². The summed E-state index contributed by atoms with van der Waals surface area (Å²) in [7, 11) is 1.76. The van der Waals surface area contributed by atoms with E-state index in [1.54, 1.807) is 19.2 Å². The number of hydrogen-bond donors (Lipinski definition) is 2. The topological polar surface area (TPSA) is 44.4 Å². The van der Waals surface area contributed by atoms with E-state index >= 15 is 0 Å². The van der Waals surface area contributed by atoms with E-state index in [9.17, 15) is 18.0 Å². The quantitative estimate of drug-likeness (QED) is 0.402. The molecule has 4 nitrogen and oxygen atoms in total. The largest absolute Gasteiger partial charge is 0.389 e. The van der Waals surface area contributed by atoms with Gasteiger partial charge in [-0.1, -0.05) is 36.5 Å². The third-order valence-corrected chi connectivity index (χ3v) is 5.29. The van der Waals surface area contributed by atoms with E-state index in [-0.39, 0.29) is 17.4 Å². The SMILES string of the molecule is C=C/C=C(\NC(F)F)C(=O)N1CCC(C)=C(NC)[C@@H]1C1=CC2C=CC=C(F)C2=C1. The molecule has 0 aromatic rings. The van der Waals surface area contributed by atoms with E-state index in [0.717, 1.165) is 16.8 Å². The Kier molecular flexibility index (Phi) is 6.15. The summed E-state index contributed by atoms with van der Waals surface area (Å²) in [5, 5.41) is 5.05. The van der Waals surface area contributed by atoms with Crippen molar-refractivity contribution in [1.82, 2.24) is 15.5 Å². The van der Waals surface area contributed by atoms with Crippen molar-refractivity contribution in [3.05, 3.63) is 83.1 Å². The standard InChI is InChI=1S/C22H24F3N3O/c1-4-6-18(27-22(24)25)21(29)28-10-9-13(2)19(26-3)20(28)15-11-14-7-5-8-17(23)16(14)12-15/h4-8,11-12,14,20,22,26-27H,1,9-10H2,2-3H3/b18-6-/t14?,20-/m0/s1.